The normalized spacial score (nSPS) is 23.0. The lowest BCUT2D eigenvalue weighted by molar-refractivity contribution is -0.141. The Hall–Kier alpha value is -1.79. The number of hydrogen-bond donors (Lipinski definition) is 1. The van der Waals surface area contributed by atoms with Crippen LogP contribution < -0.4 is 10.5 Å². The van der Waals surface area contributed by atoms with Crippen LogP contribution in [0.5, 0.6) is 5.75 Å². The second-order valence-electron chi connectivity index (χ2n) is 7.78. The zero-order valence-corrected chi connectivity index (χ0v) is 16.7. The summed E-state index contributed by atoms with van der Waals surface area (Å²) in [6, 6.07) is 9.34. The van der Waals surface area contributed by atoms with Crippen LogP contribution in [0.4, 0.5) is 0 Å². The lowest BCUT2D eigenvalue weighted by Gasteiger charge is -2.33. The summed E-state index contributed by atoms with van der Waals surface area (Å²) in [5.41, 5.74) is 5.89. The van der Waals surface area contributed by atoms with E-state index in [0.29, 0.717) is 25.4 Å². The molecule has 2 N–H and O–H groups in total. The van der Waals surface area contributed by atoms with E-state index in [1.54, 1.807) is 4.90 Å². The molecule has 0 aliphatic carbocycles. The fraction of sp³-hybridized carbons (Fsp3) is 0.600. The number of halogens is 1. The van der Waals surface area contributed by atoms with Gasteiger partial charge in [0.05, 0.1) is 0 Å². The van der Waals surface area contributed by atoms with E-state index in [2.05, 4.69) is 6.92 Å². The monoisotopic (exact) mass is 395 g/mol. The number of nitrogens with two attached hydrogens (primary N) is 1. The number of nitrogens with zero attached hydrogens (tertiary/aromatic N) is 2. The van der Waals surface area contributed by atoms with Crippen molar-refractivity contribution < 1.29 is 14.3 Å². The number of benzene rings is 1. The van der Waals surface area contributed by atoms with Gasteiger partial charge < -0.3 is 20.3 Å². The standard InChI is InChI=1S/C20H29N3O3.ClH/c1-20(14-21)9-12-23(15-20)19(25)16-7-10-22(11-8-16)18(24)13-26-17-5-3-2-4-6-17;/h2-6,16H,7-15,21H2,1H3;1H. The van der Waals surface area contributed by atoms with E-state index in [4.69, 9.17) is 10.5 Å². The van der Waals surface area contributed by atoms with Crippen molar-refractivity contribution in [2.45, 2.75) is 26.2 Å². The van der Waals surface area contributed by atoms with Crippen LogP contribution in [0.25, 0.3) is 0 Å². The highest BCUT2D eigenvalue weighted by Crippen LogP contribution is 2.31. The van der Waals surface area contributed by atoms with Crippen molar-refractivity contribution in [1.82, 2.24) is 9.80 Å². The highest BCUT2D eigenvalue weighted by molar-refractivity contribution is 5.85. The van der Waals surface area contributed by atoms with E-state index in [1.165, 1.54) is 0 Å². The molecule has 1 aromatic rings. The first-order valence-corrected chi connectivity index (χ1v) is 9.45. The number of carbonyl (C=O) groups excluding carboxylic acids is 2. The summed E-state index contributed by atoms with van der Waals surface area (Å²) >= 11 is 0. The zero-order valence-electron chi connectivity index (χ0n) is 15.9. The highest BCUT2D eigenvalue weighted by atomic mass is 35.5. The number of carbonyl (C=O) groups is 2. The Morgan fingerprint density at radius 2 is 1.81 bits per heavy atom. The van der Waals surface area contributed by atoms with E-state index in [0.717, 1.165) is 32.4 Å². The molecule has 150 valence electrons. The van der Waals surface area contributed by atoms with E-state index < -0.39 is 0 Å². The predicted octanol–water partition coefficient (Wildman–Crippen LogP) is 1.92. The lowest BCUT2D eigenvalue weighted by Crippen LogP contribution is -2.45. The molecule has 0 aromatic heterocycles. The van der Waals surface area contributed by atoms with Gasteiger partial charge >= 0.3 is 0 Å². The van der Waals surface area contributed by atoms with Crippen molar-refractivity contribution in [3.8, 4) is 5.75 Å². The largest absolute Gasteiger partial charge is 0.484 e. The quantitative estimate of drug-likeness (QED) is 0.826. The van der Waals surface area contributed by atoms with Crippen molar-refractivity contribution in [2.24, 2.45) is 17.1 Å². The Labute approximate surface area is 167 Å². The van der Waals surface area contributed by atoms with Gasteiger partial charge in [0.1, 0.15) is 5.75 Å². The molecule has 1 atom stereocenters. The minimum absolute atomic E-state index is 0. The number of hydrogen-bond acceptors (Lipinski definition) is 4. The van der Waals surface area contributed by atoms with Crippen LogP contribution in [-0.4, -0.2) is 60.9 Å². The first-order chi connectivity index (χ1) is 12.5. The minimum atomic E-state index is -0.0170. The second kappa shape index (κ2) is 9.42. The van der Waals surface area contributed by atoms with Crippen molar-refractivity contribution in [3.05, 3.63) is 30.3 Å². The summed E-state index contributed by atoms with van der Waals surface area (Å²) in [6.07, 6.45) is 2.43. The first-order valence-electron chi connectivity index (χ1n) is 9.45. The fourth-order valence-corrected chi connectivity index (χ4v) is 3.77. The van der Waals surface area contributed by atoms with Gasteiger partial charge in [0.25, 0.3) is 5.91 Å². The van der Waals surface area contributed by atoms with Gasteiger partial charge in [0.2, 0.25) is 5.91 Å². The van der Waals surface area contributed by atoms with Gasteiger partial charge in [0.15, 0.2) is 6.61 Å². The Bertz CT molecular complexity index is 635. The number of amides is 2. The van der Waals surface area contributed by atoms with E-state index in [-0.39, 0.29) is 42.2 Å². The number of rotatable bonds is 5. The molecule has 2 amide bonds. The molecule has 2 heterocycles. The molecule has 1 aromatic carbocycles. The van der Waals surface area contributed by atoms with Gasteiger partial charge in [-0.1, -0.05) is 25.1 Å². The smallest absolute Gasteiger partial charge is 0.260 e. The van der Waals surface area contributed by atoms with Crippen LogP contribution >= 0.6 is 12.4 Å². The molecular formula is C20H30ClN3O3. The van der Waals surface area contributed by atoms with Gasteiger partial charge in [-0.15, -0.1) is 12.4 Å². The van der Waals surface area contributed by atoms with Gasteiger partial charge in [0, 0.05) is 32.1 Å². The molecule has 0 saturated carbocycles. The summed E-state index contributed by atoms with van der Waals surface area (Å²) in [4.78, 5) is 28.8. The Morgan fingerprint density at radius 1 is 1.15 bits per heavy atom. The molecule has 7 heteroatoms. The van der Waals surface area contributed by atoms with Gasteiger partial charge in [-0.05, 0) is 43.4 Å². The van der Waals surface area contributed by atoms with Crippen LogP contribution in [-0.2, 0) is 9.59 Å². The van der Waals surface area contributed by atoms with Crippen molar-refractivity contribution in [3.63, 3.8) is 0 Å². The van der Waals surface area contributed by atoms with Gasteiger partial charge in [-0.3, -0.25) is 9.59 Å². The summed E-state index contributed by atoms with van der Waals surface area (Å²) < 4.78 is 5.53. The number of piperidine rings is 1. The average molecular weight is 396 g/mol. The highest BCUT2D eigenvalue weighted by Gasteiger charge is 2.38. The van der Waals surface area contributed by atoms with Crippen LogP contribution in [0, 0.1) is 11.3 Å². The molecule has 1 unspecified atom stereocenters. The fourth-order valence-electron chi connectivity index (χ4n) is 3.77. The Balaban J connectivity index is 0.00000261. The molecule has 0 radical (unpaired) electrons. The first kappa shape index (κ1) is 21.5. The van der Waals surface area contributed by atoms with Crippen LogP contribution in [0.1, 0.15) is 26.2 Å². The molecule has 27 heavy (non-hydrogen) atoms. The summed E-state index contributed by atoms with van der Waals surface area (Å²) in [6.45, 7) is 5.61. The molecular weight excluding hydrogens is 366 g/mol. The second-order valence-corrected chi connectivity index (χ2v) is 7.78. The molecule has 2 aliphatic heterocycles. The summed E-state index contributed by atoms with van der Waals surface area (Å²) in [7, 11) is 0. The Morgan fingerprint density at radius 3 is 2.41 bits per heavy atom. The van der Waals surface area contributed by atoms with Crippen LogP contribution in [0.3, 0.4) is 0 Å². The maximum absolute atomic E-state index is 12.7. The Kier molecular flexibility index (Phi) is 7.50. The summed E-state index contributed by atoms with van der Waals surface area (Å²) in [5.74, 6) is 0.934. The SMILES string of the molecule is CC1(CN)CCN(C(=O)C2CCN(C(=O)COc3ccccc3)CC2)C1.Cl. The molecule has 2 fully saturated rings. The number of para-hydroxylation sites is 1. The van der Waals surface area contributed by atoms with E-state index >= 15 is 0 Å². The maximum Gasteiger partial charge on any atom is 0.260 e. The van der Waals surface area contributed by atoms with Gasteiger partial charge in [-0.25, -0.2) is 0 Å². The molecule has 3 rings (SSSR count). The lowest BCUT2D eigenvalue weighted by atomic mass is 9.90. The van der Waals surface area contributed by atoms with Crippen LogP contribution in [0.15, 0.2) is 30.3 Å². The maximum atomic E-state index is 12.7. The van der Waals surface area contributed by atoms with E-state index in [9.17, 15) is 9.59 Å². The van der Waals surface area contributed by atoms with E-state index in [1.807, 2.05) is 35.2 Å². The predicted molar refractivity (Wildman–Crippen MR) is 107 cm³/mol. The number of likely N-dealkylation sites (tertiary alicyclic amines) is 2. The molecule has 0 spiro atoms. The minimum Gasteiger partial charge on any atom is -0.484 e. The van der Waals surface area contributed by atoms with Crippen molar-refractivity contribution in [2.75, 3.05) is 39.3 Å². The van der Waals surface area contributed by atoms with Gasteiger partial charge in [-0.2, -0.15) is 0 Å². The molecule has 6 nitrogen and oxygen atoms in total. The molecule has 0 bridgehead atoms. The van der Waals surface area contributed by atoms with Crippen molar-refractivity contribution >= 4 is 24.2 Å². The van der Waals surface area contributed by atoms with Crippen LogP contribution in [0.2, 0.25) is 0 Å². The molecule has 2 saturated heterocycles. The zero-order chi connectivity index (χ0) is 18.6. The molecule has 2 aliphatic rings. The average Bonchev–Trinajstić information content (AvgIpc) is 3.09. The summed E-state index contributed by atoms with van der Waals surface area (Å²) in [5, 5.41) is 0. The number of ether oxygens (including phenoxy) is 1. The third kappa shape index (κ3) is 5.36. The topological polar surface area (TPSA) is 75.9 Å². The van der Waals surface area contributed by atoms with Crippen molar-refractivity contribution in [1.29, 1.82) is 0 Å². The third-order valence-electron chi connectivity index (χ3n) is 5.66. The third-order valence-corrected chi connectivity index (χ3v) is 5.66.